The molecule has 1 aliphatic rings. The van der Waals surface area contributed by atoms with Crippen molar-refractivity contribution in [1.29, 1.82) is 0 Å². The molecule has 1 amide bonds. The van der Waals surface area contributed by atoms with Gasteiger partial charge in [0.1, 0.15) is 5.56 Å². The van der Waals surface area contributed by atoms with Gasteiger partial charge >= 0.3 is 0 Å². The van der Waals surface area contributed by atoms with Gasteiger partial charge in [0.2, 0.25) is 0 Å². The minimum atomic E-state index is -0.602. The van der Waals surface area contributed by atoms with Gasteiger partial charge in [-0.15, -0.1) is 0 Å². The van der Waals surface area contributed by atoms with Gasteiger partial charge in [-0.2, -0.15) is 0 Å². The lowest BCUT2D eigenvalue weighted by Gasteiger charge is -2.26. The topological polar surface area (TPSA) is 91.1 Å². The Morgan fingerprint density at radius 3 is 2.33 bits per heavy atom. The first-order chi connectivity index (χ1) is 10.1. The third-order valence-electron chi connectivity index (χ3n) is 3.23. The average Bonchev–Trinajstić information content (AvgIpc) is 2.53. The molecule has 0 radical (unpaired) electrons. The van der Waals surface area contributed by atoms with Crippen molar-refractivity contribution < 1.29 is 23.9 Å². The maximum absolute atomic E-state index is 12.5. The van der Waals surface area contributed by atoms with Gasteiger partial charge < -0.3 is 19.1 Å². The second kappa shape index (κ2) is 6.40. The van der Waals surface area contributed by atoms with Crippen LogP contribution < -0.4 is 9.47 Å². The van der Waals surface area contributed by atoms with Crippen molar-refractivity contribution in [2.45, 2.75) is 0 Å². The molecule has 1 aromatic carbocycles. The number of hydrogen-bond donors (Lipinski definition) is 0. The largest absolute Gasteiger partial charge is 0.493 e. The SMILES string of the molecule is COc1cc(C(=O)N2CCOCC2)c([N+](=O)[O-])cc1OC. The Hall–Kier alpha value is -2.35. The second-order valence-electron chi connectivity index (χ2n) is 4.39. The molecular weight excluding hydrogens is 280 g/mol. The molecule has 0 atom stereocenters. The highest BCUT2D eigenvalue weighted by Crippen LogP contribution is 2.35. The third kappa shape index (κ3) is 3.05. The quantitative estimate of drug-likeness (QED) is 0.610. The number of ether oxygens (including phenoxy) is 3. The molecule has 114 valence electrons. The van der Waals surface area contributed by atoms with Gasteiger partial charge in [-0.1, -0.05) is 0 Å². The number of carbonyl (C=O) groups excluding carboxylic acids is 1. The van der Waals surface area contributed by atoms with Crippen LogP contribution in [0.4, 0.5) is 5.69 Å². The number of methoxy groups -OCH3 is 2. The van der Waals surface area contributed by atoms with E-state index in [-0.39, 0.29) is 22.7 Å². The lowest BCUT2D eigenvalue weighted by atomic mass is 10.1. The van der Waals surface area contributed by atoms with Crippen LogP contribution in [-0.4, -0.2) is 56.3 Å². The van der Waals surface area contributed by atoms with Crippen molar-refractivity contribution >= 4 is 11.6 Å². The molecule has 0 unspecified atom stereocenters. The van der Waals surface area contributed by atoms with Gasteiger partial charge in [-0.25, -0.2) is 0 Å². The summed E-state index contributed by atoms with van der Waals surface area (Å²) < 4.78 is 15.3. The van der Waals surface area contributed by atoms with Gasteiger partial charge in [0.05, 0.1) is 38.4 Å². The molecule has 1 aliphatic heterocycles. The highest BCUT2D eigenvalue weighted by molar-refractivity contribution is 5.99. The number of nitro benzene ring substituents is 1. The number of hydrogen-bond acceptors (Lipinski definition) is 6. The van der Waals surface area contributed by atoms with Crippen LogP contribution >= 0.6 is 0 Å². The molecule has 8 nitrogen and oxygen atoms in total. The van der Waals surface area contributed by atoms with Gasteiger partial charge in [-0.3, -0.25) is 14.9 Å². The molecule has 0 saturated carbocycles. The zero-order valence-electron chi connectivity index (χ0n) is 11.8. The van der Waals surface area contributed by atoms with E-state index in [1.165, 1.54) is 31.3 Å². The molecule has 1 heterocycles. The predicted molar refractivity (Wildman–Crippen MR) is 72.9 cm³/mol. The van der Waals surface area contributed by atoms with E-state index in [1.807, 2.05) is 0 Å². The van der Waals surface area contributed by atoms with Crippen LogP contribution in [0.25, 0.3) is 0 Å². The monoisotopic (exact) mass is 296 g/mol. The van der Waals surface area contributed by atoms with Gasteiger partial charge in [0, 0.05) is 19.2 Å². The number of rotatable bonds is 4. The summed E-state index contributed by atoms with van der Waals surface area (Å²) >= 11 is 0. The first-order valence-electron chi connectivity index (χ1n) is 6.36. The van der Waals surface area contributed by atoms with Crippen LogP contribution in [0.1, 0.15) is 10.4 Å². The maximum atomic E-state index is 12.5. The number of morpholine rings is 1. The van der Waals surface area contributed by atoms with Crippen molar-refractivity contribution in [2.75, 3.05) is 40.5 Å². The molecule has 0 N–H and O–H groups in total. The second-order valence-corrected chi connectivity index (χ2v) is 4.39. The molecule has 0 spiro atoms. The minimum Gasteiger partial charge on any atom is -0.493 e. The van der Waals surface area contributed by atoms with E-state index in [1.54, 1.807) is 0 Å². The minimum absolute atomic E-state index is 0.0143. The number of amides is 1. The molecular formula is C13H16N2O6. The van der Waals surface area contributed by atoms with Crippen LogP contribution in [0.15, 0.2) is 12.1 Å². The Bertz CT molecular complexity index is 554. The van der Waals surface area contributed by atoms with E-state index in [4.69, 9.17) is 14.2 Å². The highest BCUT2D eigenvalue weighted by atomic mass is 16.6. The van der Waals surface area contributed by atoms with Crippen LogP contribution in [0.5, 0.6) is 11.5 Å². The van der Waals surface area contributed by atoms with E-state index >= 15 is 0 Å². The lowest BCUT2D eigenvalue weighted by Crippen LogP contribution is -2.40. The molecule has 21 heavy (non-hydrogen) atoms. The van der Waals surface area contributed by atoms with Crippen molar-refractivity contribution in [3.8, 4) is 11.5 Å². The molecule has 0 bridgehead atoms. The van der Waals surface area contributed by atoms with Crippen LogP contribution in [0.2, 0.25) is 0 Å². The third-order valence-corrected chi connectivity index (χ3v) is 3.23. The summed E-state index contributed by atoms with van der Waals surface area (Å²) in [7, 11) is 2.79. The van der Waals surface area contributed by atoms with Crippen molar-refractivity contribution in [1.82, 2.24) is 4.90 Å². The Morgan fingerprint density at radius 1 is 1.24 bits per heavy atom. The van der Waals surface area contributed by atoms with Gasteiger partial charge in [-0.05, 0) is 0 Å². The van der Waals surface area contributed by atoms with E-state index in [2.05, 4.69) is 0 Å². The standard InChI is InChI=1S/C13H16N2O6/c1-19-11-7-9(10(15(17)18)8-12(11)20-2)13(16)14-3-5-21-6-4-14/h7-8H,3-6H2,1-2H3. The van der Waals surface area contributed by atoms with Crippen molar-refractivity contribution in [2.24, 2.45) is 0 Å². The lowest BCUT2D eigenvalue weighted by molar-refractivity contribution is -0.385. The Kier molecular flexibility index (Phi) is 4.59. The summed E-state index contributed by atoms with van der Waals surface area (Å²) in [5.41, 5.74) is -0.316. The fourth-order valence-corrected chi connectivity index (χ4v) is 2.13. The number of carbonyl (C=O) groups is 1. The van der Waals surface area contributed by atoms with Crippen molar-refractivity contribution in [3.05, 3.63) is 27.8 Å². The summed E-state index contributed by atoms with van der Waals surface area (Å²) in [6.45, 7) is 1.66. The summed E-state index contributed by atoms with van der Waals surface area (Å²) in [5.74, 6) is 0.0772. The van der Waals surface area contributed by atoms with Crippen LogP contribution in [0, 0.1) is 10.1 Å². The molecule has 1 fully saturated rings. The highest BCUT2D eigenvalue weighted by Gasteiger charge is 2.28. The van der Waals surface area contributed by atoms with E-state index < -0.39 is 10.8 Å². The first-order valence-corrected chi connectivity index (χ1v) is 6.36. The first kappa shape index (κ1) is 15.0. The zero-order valence-corrected chi connectivity index (χ0v) is 11.8. The molecule has 0 aliphatic carbocycles. The van der Waals surface area contributed by atoms with Crippen LogP contribution in [-0.2, 0) is 4.74 Å². The van der Waals surface area contributed by atoms with E-state index in [0.29, 0.717) is 26.3 Å². The summed E-state index contributed by atoms with van der Waals surface area (Å²) in [5, 5.41) is 11.2. The fourth-order valence-electron chi connectivity index (χ4n) is 2.13. The smallest absolute Gasteiger partial charge is 0.286 e. The van der Waals surface area contributed by atoms with Crippen molar-refractivity contribution in [3.63, 3.8) is 0 Å². The molecule has 2 rings (SSSR count). The average molecular weight is 296 g/mol. The predicted octanol–water partition coefficient (Wildman–Crippen LogP) is 1.08. The maximum Gasteiger partial charge on any atom is 0.286 e. The Labute approximate surface area is 121 Å². The summed E-state index contributed by atoms with van der Waals surface area (Å²) in [6.07, 6.45) is 0. The number of nitrogens with zero attached hydrogens (tertiary/aromatic N) is 2. The normalized spacial score (nSPS) is 14.7. The fraction of sp³-hybridized carbons (Fsp3) is 0.462. The number of nitro groups is 1. The molecule has 1 aromatic rings. The van der Waals surface area contributed by atoms with Gasteiger partial charge in [0.25, 0.3) is 11.6 Å². The summed E-state index contributed by atoms with van der Waals surface area (Å²) in [6, 6.07) is 2.54. The van der Waals surface area contributed by atoms with Gasteiger partial charge in [0.15, 0.2) is 11.5 Å². The zero-order chi connectivity index (χ0) is 15.4. The van der Waals surface area contributed by atoms with Crippen LogP contribution in [0.3, 0.4) is 0 Å². The molecule has 1 saturated heterocycles. The Morgan fingerprint density at radius 2 is 1.81 bits per heavy atom. The molecule has 0 aromatic heterocycles. The van der Waals surface area contributed by atoms with E-state index in [9.17, 15) is 14.9 Å². The Balaban J connectivity index is 2.44. The van der Waals surface area contributed by atoms with E-state index in [0.717, 1.165) is 0 Å². The number of benzene rings is 1. The molecule has 8 heteroatoms. The summed E-state index contributed by atoms with van der Waals surface area (Å²) in [4.78, 5) is 24.6.